The molecule has 0 spiro atoms. The van der Waals surface area contributed by atoms with Crippen molar-refractivity contribution in [3.63, 3.8) is 0 Å². The van der Waals surface area contributed by atoms with Gasteiger partial charge in [0.1, 0.15) is 0 Å². The molecule has 0 saturated heterocycles. The van der Waals surface area contributed by atoms with E-state index in [4.69, 9.17) is 11.6 Å². The fraction of sp³-hybridized carbons (Fsp3) is 0.444. The number of hydrazine groups is 1. The maximum absolute atomic E-state index is 13.2. The number of hydrogen-bond acceptors (Lipinski definition) is 6. The molecule has 0 aromatic carbocycles. The third kappa shape index (κ3) is 4.60. The average molecular weight is 242 g/mol. The lowest BCUT2D eigenvalue weighted by Gasteiger charge is -2.07. The van der Waals surface area contributed by atoms with E-state index in [1.165, 1.54) is 0 Å². The number of anilines is 2. The molecule has 0 unspecified atom stereocenters. The first-order chi connectivity index (χ1) is 8.13. The van der Waals surface area contributed by atoms with Crippen LogP contribution in [0.3, 0.4) is 0 Å². The predicted octanol–water partition coefficient (Wildman–Crippen LogP) is -0.0312. The number of carbonyl (C=O) groups excluding carboxylic acids is 1. The number of rotatable bonds is 7. The second kappa shape index (κ2) is 6.59. The molecule has 6 N–H and O–H groups in total. The van der Waals surface area contributed by atoms with Crippen molar-refractivity contribution in [2.75, 3.05) is 17.3 Å². The van der Waals surface area contributed by atoms with E-state index in [1.807, 2.05) is 0 Å². The summed E-state index contributed by atoms with van der Waals surface area (Å²) >= 11 is 0. The highest BCUT2D eigenvalue weighted by Crippen LogP contribution is 2.11. The van der Waals surface area contributed by atoms with Crippen LogP contribution in [-0.4, -0.2) is 22.4 Å². The van der Waals surface area contributed by atoms with Crippen molar-refractivity contribution in [2.45, 2.75) is 19.3 Å². The van der Waals surface area contributed by atoms with Gasteiger partial charge in [-0.25, -0.2) is 15.2 Å². The van der Waals surface area contributed by atoms with E-state index in [0.29, 0.717) is 25.8 Å². The number of nitrogens with zero attached hydrogens (tertiary/aromatic N) is 2. The summed E-state index contributed by atoms with van der Waals surface area (Å²) in [5, 5.41) is 2.79. The van der Waals surface area contributed by atoms with E-state index in [9.17, 15) is 9.18 Å². The first kappa shape index (κ1) is 13.1. The minimum Gasteiger partial charge on any atom is -0.370 e. The zero-order valence-corrected chi connectivity index (χ0v) is 9.24. The molecule has 1 aromatic heterocycles. The van der Waals surface area contributed by atoms with Gasteiger partial charge in [-0.3, -0.25) is 10.2 Å². The third-order valence-corrected chi connectivity index (χ3v) is 2.02. The zero-order valence-electron chi connectivity index (χ0n) is 9.24. The standard InChI is InChI=1S/C9H15FN6O/c10-6-5-14-9(16-12)15-8(6)13-4-2-1-3-7(11)17/h5H,1-4,12H2,(H2,11,17)(H2,13,14,15,16). The molecule has 0 atom stereocenters. The van der Waals surface area contributed by atoms with Gasteiger partial charge in [-0.05, 0) is 12.8 Å². The highest BCUT2D eigenvalue weighted by atomic mass is 19.1. The van der Waals surface area contributed by atoms with Crippen LogP contribution in [0.4, 0.5) is 16.2 Å². The zero-order chi connectivity index (χ0) is 12.7. The number of carbonyl (C=O) groups is 1. The molecule has 0 aliphatic heterocycles. The summed E-state index contributed by atoms with van der Waals surface area (Å²) < 4.78 is 13.2. The van der Waals surface area contributed by atoms with Crippen LogP contribution in [0.1, 0.15) is 19.3 Å². The summed E-state index contributed by atoms with van der Waals surface area (Å²) in [5.41, 5.74) is 7.21. The number of nitrogen functional groups attached to an aromatic ring is 1. The smallest absolute Gasteiger partial charge is 0.239 e. The van der Waals surface area contributed by atoms with Gasteiger partial charge in [-0.1, -0.05) is 0 Å². The number of nitrogens with two attached hydrogens (primary N) is 2. The van der Waals surface area contributed by atoms with Crippen molar-refractivity contribution in [2.24, 2.45) is 11.6 Å². The van der Waals surface area contributed by atoms with Gasteiger partial charge in [-0.15, -0.1) is 0 Å². The molecular formula is C9H15FN6O. The maximum Gasteiger partial charge on any atom is 0.239 e. The Balaban J connectivity index is 2.38. The number of amides is 1. The van der Waals surface area contributed by atoms with E-state index in [0.717, 1.165) is 6.20 Å². The Bertz CT molecular complexity index is 386. The second-order valence-corrected chi connectivity index (χ2v) is 3.38. The number of aromatic nitrogens is 2. The molecule has 0 radical (unpaired) electrons. The molecule has 0 saturated carbocycles. The van der Waals surface area contributed by atoms with Gasteiger partial charge < -0.3 is 11.1 Å². The molecule has 8 heteroatoms. The van der Waals surface area contributed by atoms with Gasteiger partial charge in [0.15, 0.2) is 11.6 Å². The van der Waals surface area contributed by atoms with Crippen molar-refractivity contribution in [1.82, 2.24) is 9.97 Å². The van der Waals surface area contributed by atoms with Crippen LogP contribution < -0.4 is 22.3 Å². The first-order valence-electron chi connectivity index (χ1n) is 5.15. The van der Waals surface area contributed by atoms with Gasteiger partial charge in [0.05, 0.1) is 6.20 Å². The van der Waals surface area contributed by atoms with Crippen LogP contribution in [0.2, 0.25) is 0 Å². The molecule has 1 rings (SSSR count). The summed E-state index contributed by atoms with van der Waals surface area (Å²) in [5.74, 6) is 4.41. The van der Waals surface area contributed by atoms with Gasteiger partial charge in [0.25, 0.3) is 0 Å². The first-order valence-corrected chi connectivity index (χ1v) is 5.15. The molecule has 1 amide bonds. The lowest BCUT2D eigenvalue weighted by atomic mass is 10.2. The SMILES string of the molecule is NNc1ncc(F)c(NCCCCC(N)=O)n1. The Hall–Kier alpha value is -1.96. The van der Waals surface area contributed by atoms with Gasteiger partial charge >= 0.3 is 0 Å². The summed E-state index contributed by atoms with van der Waals surface area (Å²) in [6, 6.07) is 0. The molecule has 0 aliphatic rings. The van der Waals surface area contributed by atoms with E-state index >= 15 is 0 Å². The van der Waals surface area contributed by atoms with Gasteiger partial charge in [-0.2, -0.15) is 4.98 Å². The fourth-order valence-electron chi connectivity index (χ4n) is 1.19. The molecule has 0 aliphatic carbocycles. The normalized spacial score (nSPS) is 10.0. The summed E-state index contributed by atoms with van der Waals surface area (Å²) in [4.78, 5) is 17.9. The minimum atomic E-state index is -0.557. The lowest BCUT2D eigenvalue weighted by molar-refractivity contribution is -0.118. The average Bonchev–Trinajstić information content (AvgIpc) is 2.30. The monoisotopic (exact) mass is 242 g/mol. The van der Waals surface area contributed by atoms with Crippen LogP contribution in [0, 0.1) is 5.82 Å². The fourth-order valence-corrected chi connectivity index (χ4v) is 1.19. The van der Waals surface area contributed by atoms with Gasteiger partial charge in [0, 0.05) is 13.0 Å². The predicted molar refractivity (Wildman–Crippen MR) is 61.3 cm³/mol. The second-order valence-electron chi connectivity index (χ2n) is 3.38. The molecule has 0 bridgehead atoms. The highest BCUT2D eigenvalue weighted by molar-refractivity contribution is 5.73. The molecule has 0 fully saturated rings. The van der Waals surface area contributed by atoms with Crippen LogP contribution in [0.15, 0.2) is 6.20 Å². The van der Waals surface area contributed by atoms with Crippen molar-refractivity contribution >= 4 is 17.7 Å². The summed E-state index contributed by atoms with van der Waals surface area (Å²) in [6.45, 7) is 0.491. The number of unbranched alkanes of at least 4 members (excludes halogenated alkanes) is 1. The number of halogens is 1. The van der Waals surface area contributed by atoms with Crippen molar-refractivity contribution in [3.8, 4) is 0 Å². The number of primary amides is 1. The van der Waals surface area contributed by atoms with Crippen molar-refractivity contribution < 1.29 is 9.18 Å². The molecular weight excluding hydrogens is 227 g/mol. The summed E-state index contributed by atoms with van der Waals surface area (Å²) in [7, 11) is 0. The molecule has 1 aromatic rings. The van der Waals surface area contributed by atoms with E-state index in [-0.39, 0.29) is 17.7 Å². The van der Waals surface area contributed by atoms with Crippen LogP contribution in [-0.2, 0) is 4.79 Å². The van der Waals surface area contributed by atoms with Crippen LogP contribution in [0.5, 0.6) is 0 Å². The van der Waals surface area contributed by atoms with Crippen LogP contribution in [0.25, 0.3) is 0 Å². The molecule has 1 heterocycles. The largest absolute Gasteiger partial charge is 0.370 e. The highest BCUT2D eigenvalue weighted by Gasteiger charge is 2.05. The van der Waals surface area contributed by atoms with E-state index in [2.05, 4.69) is 20.7 Å². The Kier molecular flexibility index (Phi) is 5.08. The topological polar surface area (TPSA) is 119 Å². The van der Waals surface area contributed by atoms with E-state index < -0.39 is 5.82 Å². The Morgan fingerprint density at radius 3 is 2.88 bits per heavy atom. The molecule has 94 valence electrons. The van der Waals surface area contributed by atoms with Gasteiger partial charge in [0.2, 0.25) is 11.9 Å². The minimum absolute atomic E-state index is 0.0759. The molecule has 17 heavy (non-hydrogen) atoms. The Labute approximate surface area is 97.8 Å². The number of nitrogens with one attached hydrogen (secondary N) is 2. The third-order valence-electron chi connectivity index (χ3n) is 2.02. The van der Waals surface area contributed by atoms with Crippen molar-refractivity contribution in [1.29, 1.82) is 0 Å². The maximum atomic E-state index is 13.2. The summed E-state index contributed by atoms with van der Waals surface area (Å²) in [6.07, 6.45) is 2.69. The number of hydrogen-bond donors (Lipinski definition) is 4. The van der Waals surface area contributed by atoms with Crippen LogP contribution >= 0.6 is 0 Å². The quantitative estimate of drug-likeness (QED) is 0.303. The van der Waals surface area contributed by atoms with Crippen molar-refractivity contribution in [3.05, 3.63) is 12.0 Å². The Morgan fingerprint density at radius 2 is 2.24 bits per heavy atom. The van der Waals surface area contributed by atoms with E-state index in [1.54, 1.807) is 0 Å². The Morgan fingerprint density at radius 1 is 1.47 bits per heavy atom. The molecule has 7 nitrogen and oxygen atoms in total. The lowest BCUT2D eigenvalue weighted by Crippen LogP contribution is -2.14.